The average Bonchev–Trinajstić information content (AvgIpc) is 3.26. The van der Waals surface area contributed by atoms with Crippen LogP contribution in [-0.4, -0.2) is 123 Å². The van der Waals surface area contributed by atoms with Crippen molar-refractivity contribution in [3.05, 3.63) is 11.6 Å². The first-order chi connectivity index (χ1) is 22.8. The molecule has 49 heavy (non-hydrogen) atoms. The van der Waals surface area contributed by atoms with Crippen LogP contribution >= 0.6 is 0 Å². The molecule has 4 aliphatic carbocycles. The molecule has 6 aliphatic rings. The van der Waals surface area contributed by atoms with Gasteiger partial charge in [0, 0.05) is 32.8 Å². The maximum atomic E-state index is 12.9. The second kappa shape index (κ2) is 12.9. The number of ketones is 1. The Labute approximate surface area is 288 Å². The lowest BCUT2D eigenvalue weighted by molar-refractivity contribution is -0.321. The summed E-state index contributed by atoms with van der Waals surface area (Å²) in [5.74, 6) is -1.63. The van der Waals surface area contributed by atoms with Crippen LogP contribution in [0.15, 0.2) is 11.6 Å². The van der Waals surface area contributed by atoms with Gasteiger partial charge in [0.1, 0.15) is 35.1 Å². The van der Waals surface area contributed by atoms with E-state index in [4.69, 9.17) is 28.4 Å². The van der Waals surface area contributed by atoms with Crippen LogP contribution in [0.25, 0.3) is 0 Å². The molecule has 0 aromatic carbocycles. The van der Waals surface area contributed by atoms with E-state index in [2.05, 4.69) is 6.92 Å². The van der Waals surface area contributed by atoms with Crippen molar-refractivity contribution in [3.63, 3.8) is 0 Å². The van der Waals surface area contributed by atoms with Crippen molar-refractivity contribution in [2.75, 3.05) is 7.11 Å². The van der Waals surface area contributed by atoms with Gasteiger partial charge in [-0.3, -0.25) is 9.59 Å². The number of rotatable bonds is 7. The zero-order valence-electron chi connectivity index (χ0n) is 29.8. The molecule has 2 aliphatic heterocycles. The minimum absolute atomic E-state index is 0.0135. The van der Waals surface area contributed by atoms with Gasteiger partial charge in [-0.15, -0.1) is 0 Å². The molecule has 13 heteroatoms. The van der Waals surface area contributed by atoms with Gasteiger partial charge in [0.25, 0.3) is 0 Å². The van der Waals surface area contributed by atoms with Crippen molar-refractivity contribution in [1.29, 1.82) is 0 Å². The highest BCUT2D eigenvalue weighted by Gasteiger charge is 2.81. The van der Waals surface area contributed by atoms with Crippen molar-refractivity contribution >= 4 is 11.8 Å². The molecule has 0 bridgehead atoms. The summed E-state index contributed by atoms with van der Waals surface area (Å²) < 4.78 is 35.8. The van der Waals surface area contributed by atoms with E-state index in [9.17, 15) is 35.1 Å². The third kappa shape index (κ3) is 5.57. The number of aliphatic hydroxyl groups excluding tert-OH is 2. The maximum Gasteiger partial charge on any atom is 0.302 e. The first-order valence-corrected chi connectivity index (χ1v) is 17.9. The van der Waals surface area contributed by atoms with E-state index in [1.807, 2.05) is 13.0 Å². The molecule has 2 heterocycles. The normalized spacial score (nSPS) is 52.7. The second-order valence-corrected chi connectivity index (χ2v) is 16.1. The molecule has 278 valence electrons. The number of carbonyl (C=O) groups is 2. The van der Waals surface area contributed by atoms with Crippen LogP contribution in [0.1, 0.15) is 99.3 Å². The topological polar surface area (TPSA) is 191 Å². The van der Waals surface area contributed by atoms with Gasteiger partial charge in [0.2, 0.25) is 0 Å². The highest BCUT2D eigenvalue weighted by atomic mass is 16.7. The predicted molar refractivity (Wildman–Crippen MR) is 172 cm³/mol. The molecule has 0 aromatic rings. The molecule has 5 fully saturated rings. The Balaban J connectivity index is 1.15. The maximum absolute atomic E-state index is 12.9. The van der Waals surface area contributed by atoms with Gasteiger partial charge in [0.05, 0.1) is 35.9 Å². The summed E-state index contributed by atoms with van der Waals surface area (Å²) in [7, 11) is 1.53. The standard InChI is InChI=1S/C36H56O13/c1-18-30(40)25(44-7)16-29(45-18)49-31-19(2)46-28(15-24(31)39)48-23-9-10-32(5)22(14-23)8-11-35(42)26(32)17-27(47-21(4)38)33(6)34(41,20(3)37)12-13-36(33,35)43/h8,18-19,23-31,39-43H,9-17H2,1-7H3/t18-,19-,23+,24+,25+,26-,27-,28+,29+,30-,31-,32+,33-,34+,35+,36-/m1/s1. The highest BCUT2D eigenvalue weighted by Crippen LogP contribution is 2.71. The summed E-state index contributed by atoms with van der Waals surface area (Å²) in [6.07, 6.45) is -1.85. The number of hydrogen-bond acceptors (Lipinski definition) is 13. The number of Topliss-reactive ketones (excluding diaryl/α,β-unsaturated/α-hetero) is 1. The molecule has 0 radical (unpaired) electrons. The summed E-state index contributed by atoms with van der Waals surface area (Å²) in [5.41, 5.74) is -6.67. The third-order valence-electron chi connectivity index (χ3n) is 13.7. The fourth-order valence-corrected chi connectivity index (χ4v) is 10.7. The van der Waals surface area contributed by atoms with Crippen LogP contribution in [0.3, 0.4) is 0 Å². The lowest BCUT2D eigenvalue weighted by atomic mass is 9.42. The number of fused-ring (bicyclic) bond motifs is 5. The van der Waals surface area contributed by atoms with Crippen LogP contribution in [0.5, 0.6) is 0 Å². The lowest BCUT2D eigenvalue weighted by Crippen LogP contribution is -2.78. The van der Waals surface area contributed by atoms with Crippen LogP contribution < -0.4 is 0 Å². The molecule has 0 spiro atoms. The van der Waals surface area contributed by atoms with Crippen LogP contribution in [0.4, 0.5) is 0 Å². The van der Waals surface area contributed by atoms with Crippen molar-refractivity contribution in [2.24, 2.45) is 16.7 Å². The molecule has 0 amide bonds. The largest absolute Gasteiger partial charge is 0.462 e. The molecule has 2 saturated heterocycles. The SMILES string of the molecule is CO[C@H]1C[C@H](O[C@H]2[C@@H](O)C[C@H](O[C@H]3CC[C@@]4(C)C(=CC[C@]5(O)[C@@H]4C[C@@H](OC(C)=O)[C@@]4(C)[C@]5(O)CC[C@]4(O)C(C)=O)C3)O[C@@H]2C)O[C@H](C)[C@H]1O. The fourth-order valence-electron chi connectivity index (χ4n) is 10.7. The van der Waals surface area contributed by atoms with E-state index in [0.29, 0.717) is 25.7 Å². The van der Waals surface area contributed by atoms with Crippen LogP contribution in [0, 0.1) is 16.7 Å². The molecule has 6 rings (SSSR count). The van der Waals surface area contributed by atoms with Crippen molar-refractivity contribution < 1.29 is 63.5 Å². The number of aliphatic hydroxyl groups is 5. The Hall–Kier alpha value is -1.52. The molecular weight excluding hydrogens is 640 g/mol. The molecule has 0 aromatic heterocycles. The van der Waals surface area contributed by atoms with Gasteiger partial charge >= 0.3 is 5.97 Å². The second-order valence-electron chi connectivity index (χ2n) is 16.1. The number of esters is 1. The summed E-state index contributed by atoms with van der Waals surface area (Å²) in [5, 5.41) is 58.2. The molecule has 0 unspecified atom stereocenters. The first-order valence-electron chi connectivity index (χ1n) is 17.9. The zero-order chi connectivity index (χ0) is 35.9. The van der Waals surface area contributed by atoms with E-state index < -0.39 is 101 Å². The van der Waals surface area contributed by atoms with Gasteiger partial charge in [-0.1, -0.05) is 18.6 Å². The minimum atomic E-state index is -1.97. The molecule has 13 nitrogen and oxygen atoms in total. The van der Waals surface area contributed by atoms with Crippen molar-refractivity contribution in [1.82, 2.24) is 0 Å². The van der Waals surface area contributed by atoms with E-state index in [0.717, 1.165) is 5.57 Å². The van der Waals surface area contributed by atoms with Gasteiger partial charge in [-0.25, -0.2) is 0 Å². The predicted octanol–water partition coefficient (Wildman–Crippen LogP) is 1.82. The number of hydrogen-bond donors (Lipinski definition) is 5. The number of methoxy groups -OCH3 is 1. The third-order valence-corrected chi connectivity index (χ3v) is 13.7. The van der Waals surface area contributed by atoms with Crippen molar-refractivity contribution in [3.8, 4) is 0 Å². The van der Waals surface area contributed by atoms with Gasteiger partial charge < -0.3 is 54.0 Å². The highest BCUT2D eigenvalue weighted by molar-refractivity contribution is 5.87. The Kier molecular flexibility index (Phi) is 9.77. The van der Waals surface area contributed by atoms with Crippen LogP contribution in [-0.2, 0) is 38.0 Å². The lowest BCUT2D eigenvalue weighted by Gasteiger charge is -2.67. The minimum Gasteiger partial charge on any atom is -0.462 e. The summed E-state index contributed by atoms with van der Waals surface area (Å²) >= 11 is 0. The van der Waals surface area contributed by atoms with E-state index in [1.54, 1.807) is 13.8 Å². The first kappa shape index (κ1) is 37.2. The Morgan fingerprint density at radius 3 is 2.22 bits per heavy atom. The van der Waals surface area contributed by atoms with Gasteiger partial charge in [-0.2, -0.15) is 0 Å². The Bertz CT molecular complexity index is 1310. The molecular formula is C36H56O13. The van der Waals surface area contributed by atoms with Crippen molar-refractivity contribution in [2.45, 2.75) is 178 Å². The Morgan fingerprint density at radius 1 is 0.918 bits per heavy atom. The summed E-state index contributed by atoms with van der Waals surface area (Å²) in [6, 6.07) is 0. The zero-order valence-corrected chi connectivity index (χ0v) is 29.8. The smallest absolute Gasteiger partial charge is 0.302 e. The molecule has 16 atom stereocenters. The summed E-state index contributed by atoms with van der Waals surface area (Å²) in [6.45, 7) is 9.76. The van der Waals surface area contributed by atoms with E-state index in [1.165, 1.54) is 21.0 Å². The Morgan fingerprint density at radius 2 is 1.59 bits per heavy atom. The van der Waals surface area contributed by atoms with Gasteiger partial charge in [-0.05, 0) is 78.1 Å². The molecule has 5 N–H and O–H groups in total. The fraction of sp³-hybridized carbons (Fsp3) is 0.889. The quantitative estimate of drug-likeness (QED) is 0.192. The van der Waals surface area contributed by atoms with Gasteiger partial charge in [0.15, 0.2) is 18.4 Å². The number of ether oxygens (including phenoxy) is 6. The van der Waals surface area contributed by atoms with E-state index in [-0.39, 0.29) is 38.2 Å². The number of carbonyl (C=O) groups excluding carboxylic acids is 2. The van der Waals surface area contributed by atoms with E-state index >= 15 is 0 Å². The van der Waals surface area contributed by atoms with Crippen LogP contribution in [0.2, 0.25) is 0 Å². The molecule has 3 saturated carbocycles. The average molecular weight is 697 g/mol. The summed E-state index contributed by atoms with van der Waals surface area (Å²) in [4.78, 5) is 25.3. The monoisotopic (exact) mass is 696 g/mol.